The third-order valence-corrected chi connectivity index (χ3v) is 8.62. The summed E-state index contributed by atoms with van der Waals surface area (Å²) in [7, 11) is 2.18. The van der Waals surface area contributed by atoms with E-state index in [4.69, 9.17) is 0 Å². The lowest BCUT2D eigenvalue weighted by Gasteiger charge is -2.19. The van der Waals surface area contributed by atoms with E-state index in [0.717, 1.165) is 6.54 Å². The Balaban J connectivity index is 1.42. The second-order valence-corrected chi connectivity index (χ2v) is 10.6. The number of hydrogen-bond acceptors (Lipinski definition) is 3. The van der Waals surface area contributed by atoms with Crippen molar-refractivity contribution in [3.8, 4) is 0 Å². The lowest BCUT2D eigenvalue weighted by Crippen LogP contribution is -2.29. The van der Waals surface area contributed by atoms with Gasteiger partial charge in [0.2, 0.25) is 5.52 Å². The van der Waals surface area contributed by atoms with Crippen LogP contribution in [0.2, 0.25) is 0 Å². The maximum absolute atomic E-state index is 2.46. The van der Waals surface area contributed by atoms with Gasteiger partial charge in [0, 0.05) is 22.9 Å². The molecule has 2 nitrogen and oxygen atoms in total. The molecular formula is C29H25N2S2+. The van der Waals surface area contributed by atoms with Gasteiger partial charge < -0.3 is 4.90 Å². The minimum atomic E-state index is 0.954. The summed E-state index contributed by atoms with van der Waals surface area (Å²) in [5, 5.41) is 7.80. The molecule has 33 heavy (non-hydrogen) atoms. The van der Waals surface area contributed by atoms with Crippen LogP contribution < -0.4 is 9.47 Å². The zero-order valence-electron chi connectivity index (χ0n) is 19.0. The summed E-state index contributed by atoms with van der Waals surface area (Å²) >= 11 is 3.73. The predicted molar refractivity (Wildman–Crippen MR) is 145 cm³/mol. The van der Waals surface area contributed by atoms with Crippen molar-refractivity contribution < 1.29 is 4.57 Å². The molecule has 0 aliphatic carbocycles. The number of aryl methyl sites for hydroxylation is 1. The first-order valence-electron chi connectivity index (χ1n) is 11.3. The number of hydrogen-bond donors (Lipinski definition) is 0. The highest BCUT2D eigenvalue weighted by molar-refractivity contribution is 8.03. The van der Waals surface area contributed by atoms with Crippen molar-refractivity contribution in [3.63, 3.8) is 0 Å². The van der Waals surface area contributed by atoms with E-state index in [9.17, 15) is 0 Å². The maximum Gasteiger partial charge on any atom is 0.262 e. The first kappa shape index (κ1) is 20.5. The van der Waals surface area contributed by atoms with Gasteiger partial charge in [-0.25, -0.2) is 0 Å². The number of benzene rings is 4. The number of anilines is 1. The first-order chi connectivity index (χ1) is 16.1. The third kappa shape index (κ3) is 3.36. The fourth-order valence-electron chi connectivity index (χ4n) is 4.81. The minimum Gasteiger partial charge on any atom is -0.335 e. The molecule has 0 N–H and O–H groups in total. The van der Waals surface area contributed by atoms with E-state index in [1.807, 2.05) is 23.1 Å². The van der Waals surface area contributed by atoms with Gasteiger partial charge in [0.15, 0.2) is 0 Å². The van der Waals surface area contributed by atoms with Crippen LogP contribution in [0.5, 0.6) is 0 Å². The molecule has 0 spiro atoms. The van der Waals surface area contributed by atoms with Crippen molar-refractivity contribution in [2.24, 2.45) is 7.05 Å². The molecule has 0 amide bonds. The zero-order valence-corrected chi connectivity index (χ0v) is 20.6. The van der Waals surface area contributed by atoms with E-state index in [0.29, 0.717) is 0 Å². The van der Waals surface area contributed by atoms with Gasteiger partial charge in [-0.3, -0.25) is 0 Å². The van der Waals surface area contributed by atoms with Gasteiger partial charge >= 0.3 is 0 Å². The molecule has 0 saturated carbocycles. The van der Waals surface area contributed by atoms with Gasteiger partial charge in [0.25, 0.3) is 5.01 Å². The van der Waals surface area contributed by atoms with Crippen LogP contribution in [0.3, 0.4) is 0 Å². The first-order valence-corrected chi connectivity index (χ1v) is 12.9. The van der Waals surface area contributed by atoms with Gasteiger partial charge in [-0.1, -0.05) is 77.7 Å². The van der Waals surface area contributed by atoms with E-state index in [-0.39, 0.29) is 0 Å². The van der Waals surface area contributed by atoms with Crippen molar-refractivity contribution in [1.82, 2.24) is 0 Å². The summed E-state index contributed by atoms with van der Waals surface area (Å²) in [6.45, 7) is 5.40. The van der Waals surface area contributed by atoms with Crippen LogP contribution in [0.4, 0.5) is 5.69 Å². The number of rotatable bonds is 3. The molecule has 6 rings (SSSR count). The van der Waals surface area contributed by atoms with E-state index in [1.54, 1.807) is 0 Å². The fourth-order valence-corrected chi connectivity index (χ4v) is 7.24. The van der Waals surface area contributed by atoms with Crippen molar-refractivity contribution in [2.75, 3.05) is 11.4 Å². The smallest absolute Gasteiger partial charge is 0.262 e. The van der Waals surface area contributed by atoms with Crippen LogP contribution >= 0.6 is 23.1 Å². The summed E-state index contributed by atoms with van der Waals surface area (Å²) in [5.41, 5.74) is 3.92. The van der Waals surface area contributed by atoms with Crippen LogP contribution in [0, 0.1) is 0 Å². The molecule has 0 unspecified atom stereocenters. The van der Waals surface area contributed by atoms with Gasteiger partial charge in [0.1, 0.15) is 11.7 Å². The lowest BCUT2D eigenvalue weighted by atomic mass is 10.1. The Morgan fingerprint density at radius 2 is 1.61 bits per heavy atom. The molecule has 4 heteroatoms. The number of thioether (sulfide) groups is 1. The highest BCUT2D eigenvalue weighted by Gasteiger charge is 2.26. The molecular weight excluding hydrogens is 440 g/mol. The Hall–Kier alpha value is -3.08. The van der Waals surface area contributed by atoms with Gasteiger partial charge in [0.05, 0.1) is 16.1 Å². The molecule has 0 radical (unpaired) electrons. The van der Waals surface area contributed by atoms with E-state index in [2.05, 4.69) is 115 Å². The summed E-state index contributed by atoms with van der Waals surface area (Å²) < 4.78 is 3.67. The number of aromatic nitrogens is 1. The van der Waals surface area contributed by atoms with E-state index in [1.165, 1.54) is 58.0 Å². The van der Waals surface area contributed by atoms with Gasteiger partial charge in [-0.15, -0.1) is 0 Å². The molecule has 1 aromatic heterocycles. The monoisotopic (exact) mass is 465 g/mol. The number of thiazole rings is 1. The zero-order chi connectivity index (χ0) is 22.5. The topological polar surface area (TPSA) is 7.12 Å². The number of nitrogens with zero attached hydrogens (tertiary/aromatic N) is 2. The number of fused-ring (bicyclic) bond motifs is 6. The van der Waals surface area contributed by atoms with Crippen LogP contribution in [0.15, 0.2) is 94.4 Å². The molecule has 1 aliphatic heterocycles. The number of allylic oxidation sites excluding steroid dienone is 2. The van der Waals surface area contributed by atoms with Crippen LogP contribution in [0.25, 0.3) is 37.8 Å². The largest absolute Gasteiger partial charge is 0.335 e. The molecule has 0 fully saturated rings. The summed E-state index contributed by atoms with van der Waals surface area (Å²) in [4.78, 5) is 3.80. The van der Waals surface area contributed by atoms with E-state index >= 15 is 0 Å². The van der Waals surface area contributed by atoms with Crippen molar-refractivity contribution >= 4 is 66.6 Å². The van der Waals surface area contributed by atoms with Crippen LogP contribution in [-0.2, 0) is 7.05 Å². The molecule has 5 aromatic rings. The average Bonchev–Trinajstić information content (AvgIpc) is 3.35. The van der Waals surface area contributed by atoms with Crippen molar-refractivity contribution in [3.05, 3.63) is 94.5 Å². The fraction of sp³-hybridized carbons (Fsp3) is 0.138. The Morgan fingerprint density at radius 3 is 2.39 bits per heavy atom. The normalized spacial score (nSPS) is 15.3. The molecule has 162 valence electrons. The SMILES string of the molecule is CCN1/C(=C\C(C)=C\c2sc3ccc4ccccc4c3[n+]2C)Sc2ccc3ccccc3c21. The third-order valence-electron chi connectivity index (χ3n) is 6.38. The lowest BCUT2D eigenvalue weighted by molar-refractivity contribution is -0.641. The highest BCUT2D eigenvalue weighted by atomic mass is 32.2. The van der Waals surface area contributed by atoms with Crippen molar-refractivity contribution in [2.45, 2.75) is 18.7 Å². The second-order valence-electron chi connectivity index (χ2n) is 8.48. The minimum absolute atomic E-state index is 0.954. The molecule has 0 bridgehead atoms. The van der Waals surface area contributed by atoms with Gasteiger partial charge in [-0.2, -0.15) is 4.57 Å². The summed E-state index contributed by atoms with van der Waals surface area (Å²) in [6.07, 6.45) is 4.66. The highest BCUT2D eigenvalue weighted by Crippen LogP contribution is 2.49. The molecule has 1 aliphatic rings. The Morgan fingerprint density at radius 1 is 0.909 bits per heavy atom. The summed E-state index contributed by atoms with van der Waals surface area (Å²) in [6, 6.07) is 26.3. The quantitative estimate of drug-likeness (QED) is 0.250. The Kier molecular flexibility index (Phi) is 5.01. The molecule has 0 saturated heterocycles. The standard InChI is InChI=1S/C29H25N2S2/c1-4-31-27(33-25-16-14-21-10-6-8-12-23(21)29(25)31)18-19(2)17-26-30(3)28-22-11-7-5-9-20(22)13-15-24(28)32-26/h5-18H,4H2,1-3H3/q+1. The van der Waals surface area contributed by atoms with Crippen LogP contribution in [-0.4, -0.2) is 6.54 Å². The Labute approximate surface area is 202 Å². The van der Waals surface area contributed by atoms with Crippen LogP contribution in [0.1, 0.15) is 18.9 Å². The maximum atomic E-state index is 2.46. The molecule has 4 aromatic carbocycles. The van der Waals surface area contributed by atoms with E-state index < -0.39 is 0 Å². The second kappa shape index (κ2) is 8.05. The Bertz CT molecular complexity index is 1610. The average molecular weight is 466 g/mol. The van der Waals surface area contributed by atoms with Gasteiger partial charge in [-0.05, 0) is 54.5 Å². The molecule has 2 heterocycles. The predicted octanol–water partition coefficient (Wildman–Crippen LogP) is 7.91. The molecule has 0 atom stereocenters. The van der Waals surface area contributed by atoms with Crippen molar-refractivity contribution in [1.29, 1.82) is 0 Å². The summed E-state index contributed by atoms with van der Waals surface area (Å²) in [5.74, 6) is 0.